The lowest BCUT2D eigenvalue weighted by Crippen LogP contribution is -2.12. The number of anilines is 1. The summed E-state index contributed by atoms with van der Waals surface area (Å²) in [7, 11) is -3.22. The molecule has 0 saturated heterocycles. The summed E-state index contributed by atoms with van der Waals surface area (Å²) in [5.41, 5.74) is 1.38. The Morgan fingerprint density at radius 3 is 2.33 bits per heavy atom. The number of benzene rings is 2. The van der Waals surface area contributed by atoms with Crippen LogP contribution in [0.5, 0.6) is 0 Å². The third-order valence-corrected chi connectivity index (χ3v) is 4.51. The Morgan fingerprint density at radius 1 is 1.14 bits per heavy atom. The number of hydrogen-bond donors (Lipinski definition) is 2. The fourth-order valence-electron chi connectivity index (χ4n) is 1.87. The van der Waals surface area contributed by atoms with E-state index in [-0.39, 0.29) is 11.4 Å². The summed E-state index contributed by atoms with van der Waals surface area (Å²) < 4.78 is 22.7. The van der Waals surface area contributed by atoms with Crippen LogP contribution in [0.25, 0.3) is 0 Å². The lowest BCUT2D eigenvalue weighted by molar-refractivity contribution is 0.191. The zero-order valence-electron chi connectivity index (χ0n) is 11.5. The van der Waals surface area contributed by atoms with E-state index in [0.717, 1.165) is 11.9 Å². The first-order valence-corrected chi connectivity index (χ1v) is 8.61. The molecular formula is C15H16ClNO3S. The fourth-order valence-corrected chi connectivity index (χ4v) is 2.70. The van der Waals surface area contributed by atoms with Crippen LogP contribution in [0.15, 0.2) is 53.4 Å². The smallest absolute Gasteiger partial charge is 0.175 e. The molecule has 2 rings (SSSR count). The fraction of sp³-hybridized carbons (Fsp3) is 0.200. The number of aliphatic hydroxyl groups excluding tert-OH is 1. The van der Waals surface area contributed by atoms with Crippen molar-refractivity contribution in [2.45, 2.75) is 11.0 Å². The number of aliphatic hydroxyl groups is 1. The first-order valence-electron chi connectivity index (χ1n) is 6.34. The van der Waals surface area contributed by atoms with Crippen LogP contribution in [0.1, 0.15) is 11.7 Å². The molecule has 0 heterocycles. The Hall–Kier alpha value is -1.56. The summed E-state index contributed by atoms with van der Waals surface area (Å²) in [4.78, 5) is 0.234. The van der Waals surface area contributed by atoms with E-state index in [9.17, 15) is 13.5 Å². The lowest BCUT2D eigenvalue weighted by atomic mass is 10.1. The van der Waals surface area contributed by atoms with Gasteiger partial charge in [0.2, 0.25) is 0 Å². The number of sulfone groups is 1. The van der Waals surface area contributed by atoms with Gasteiger partial charge in [-0.2, -0.15) is 0 Å². The predicted molar refractivity (Wildman–Crippen MR) is 84.5 cm³/mol. The molecule has 0 fully saturated rings. The molecule has 0 aliphatic rings. The molecule has 6 heteroatoms. The van der Waals surface area contributed by atoms with Crippen LogP contribution in [0, 0.1) is 0 Å². The van der Waals surface area contributed by atoms with Gasteiger partial charge in [-0.05, 0) is 29.8 Å². The van der Waals surface area contributed by atoms with E-state index in [1.807, 2.05) is 18.2 Å². The van der Waals surface area contributed by atoms with Gasteiger partial charge in [-0.15, -0.1) is 0 Å². The Bertz CT molecular complexity index is 714. The van der Waals surface area contributed by atoms with Crippen molar-refractivity contribution in [3.05, 3.63) is 59.1 Å². The number of nitrogens with one attached hydrogen (secondary N) is 1. The topological polar surface area (TPSA) is 66.4 Å². The third kappa shape index (κ3) is 4.20. The highest BCUT2D eigenvalue weighted by Gasteiger charge is 2.11. The van der Waals surface area contributed by atoms with Crippen LogP contribution in [0.2, 0.25) is 5.02 Å². The summed E-state index contributed by atoms with van der Waals surface area (Å²) in [6.45, 7) is 0.280. The van der Waals surface area contributed by atoms with E-state index in [1.165, 1.54) is 12.1 Å². The zero-order chi connectivity index (χ0) is 15.5. The number of hydrogen-bond acceptors (Lipinski definition) is 4. The van der Waals surface area contributed by atoms with Crippen molar-refractivity contribution in [1.82, 2.24) is 0 Å². The predicted octanol–water partition coefficient (Wildman–Crippen LogP) is 2.89. The molecule has 0 aromatic heterocycles. The van der Waals surface area contributed by atoms with Crippen LogP contribution in [0.4, 0.5) is 5.69 Å². The van der Waals surface area contributed by atoms with Crippen molar-refractivity contribution in [3.63, 3.8) is 0 Å². The molecular weight excluding hydrogens is 310 g/mol. The Labute approximate surface area is 129 Å². The molecule has 112 valence electrons. The van der Waals surface area contributed by atoms with Gasteiger partial charge in [0.05, 0.1) is 21.7 Å². The summed E-state index contributed by atoms with van der Waals surface area (Å²) in [5, 5.41) is 13.7. The van der Waals surface area contributed by atoms with E-state index in [4.69, 9.17) is 11.6 Å². The van der Waals surface area contributed by atoms with E-state index in [1.54, 1.807) is 18.2 Å². The maximum Gasteiger partial charge on any atom is 0.175 e. The molecule has 1 unspecified atom stereocenters. The second-order valence-corrected chi connectivity index (χ2v) is 7.14. The van der Waals surface area contributed by atoms with Crippen molar-refractivity contribution in [2.24, 2.45) is 0 Å². The van der Waals surface area contributed by atoms with Crippen molar-refractivity contribution in [1.29, 1.82) is 0 Å². The van der Waals surface area contributed by atoms with Crippen molar-refractivity contribution in [3.8, 4) is 0 Å². The number of rotatable bonds is 5. The van der Waals surface area contributed by atoms with Gasteiger partial charge in [-0.25, -0.2) is 8.42 Å². The standard InChI is InChI=1S/C15H16ClNO3S/c1-21(19,20)12-8-6-11(7-9-12)15(18)10-17-14-5-3-2-4-13(14)16/h2-9,15,17-18H,10H2,1H3. The maximum absolute atomic E-state index is 11.4. The normalized spacial score (nSPS) is 12.9. The molecule has 21 heavy (non-hydrogen) atoms. The van der Waals surface area contributed by atoms with Gasteiger partial charge in [-0.1, -0.05) is 35.9 Å². The van der Waals surface area contributed by atoms with Gasteiger partial charge in [0.25, 0.3) is 0 Å². The number of halogens is 1. The Morgan fingerprint density at radius 2 is 1.76 bits per heavy atom. The van der Waals surface area contributed by atoms with Crippen molar-refractivity contribution < 1.29 is 13.5 Å². The molecule has 0 aliphatic heterocycles. The van der Waals surface area contributed by atoms with Crippen LogP contribution in [-0.2, 0) is 9.84 Å². The first-order chi connectivity index (χ1) is 9.88. The van der Waals surface area contributed by atoms with Crippen molar-refractivity contribution in [2.75, 3.05) is 18.1 Å². The van der Waals surface area contributed by atoms with Crippen LogP contribution < -0.4 is 5.32 Å². The largest absolute Gasteiger partial charge is 0.387 e. The van der Waals surface area contributed by atoms with Gasteiger partial charge in [0.15, 0.2) is 9.84 Å². The molecule has 2 aromatic rings. The van der Waals surface area contributed by atoms with Crippen LogP contribution in [-0.4, -0.2) is 26.3 Å². The van der Waals surface area contributed by atoms with Crippen LogP contribution >= 0.6 is 11.6 Å². The first kappa shape index (κ1) is 15.8. The molecule has 0 aliphatic carbocycles. The van der Waals surface area contributed by atoms with Gasteiger partial charge >= 0.3 is 0 Å². The van der Waals surface area contributed by atoms with Gasteiger partial charge in [0.1, 0.15) is 0 Å². The minimum Gasteiger partial charge on any atom is -0.387 e. The number of para-hydroxylation sites is 1. The third-order valence-electron chi connectivity index (χ3n) is 3.05. The monoisotopic (exact) mass is 325 g/mol. The van der Waals surface area contributed by atoms with Gasteiger partial charge in [-0.3, -0.25) is 0 Å². The minimum absolute atomic E-state index is 0.234. The minimum atomic E-state index is -3.22. The molecule has 2 aromatic carbocycles. The highest BCUT2D eigenvalue weighted by Crippen LogP contribution is 2.22. The second kappa shape index (κ2) is 6.47. The van der Waals surface area contributed by atoms with Crippen molar-refractivity contribution >= 4 is 27.1 Å². The molecule has 0 radical (unpaired) electrons. The molecule has 4 nitrogen and oxygen atoms in total. The highest BCUT2D eigenvalue weighted by atomic mass is 35.5. The van der Waals surface area contributed by atoms with E-state index >= 15 is 0 Å². The lowest BCUT2D eigenvalue weighted by Gasteiger charge is -2.14. The second-order valence-electron chi connectivity index (χ2n) is 4.72. The SMILES string of the molecule is CS(=O)(=O)c1ccc(C(O)CNc2ccccc2Cl)cc1. The van der Waals surface area contributed by atoms with E-state index in [2.05, 4.69) is 5.32 Å². The van der Waals surface area contributed by atoms with E-state index in [0.29, 0.717) is 10.6 Å². The average molecular weight is 326 g/mol. The molecule has 2 N–H and O–H groups in total. The Kier molecular flexibility index (Phi) is 4.88. The summed E-state index contributed by atoms with van der Waals surface area (Å²) in [6, 6.07) is 13.5. The maximum atomic E-state index is 11.4. The Balaban J connectivity index is 2.04. The molecule has 1 atom stereocenters. The molecule has 0 saturated carbocycles. The summed E-state index contributed by atoms with van der Waals surface area (Å²) in [5.74, 6) is 0. The van der Waals surface area contributed by atoms with E-state index < -0.39 is 15.9 Å². The average Bonchev–Trinajstić information content (AvgIpc) is 2.45. The summed E-state index contributed by atoms with van der Waals surface area (Å²) >= 11 is 6.01. The highest BCUT2D eigenvalue weighted by molar-refractivity contribution is 7.90. The molecule has 0 amide bonds. The zero-order valence-corrected chi connectivity index (χ0v) is 13.0. The molecule has 0 spiro atoms. The summed E-state index contributed by atoms with van der Waals surface area (Å²) in [6.07, 6.45) is 0.395. The van der Waals surface area contributed by atoms with Gasteiger partial charge < -0.3 is 10.4 Å². The van der Waals surface area contributed by atoms with Gasteiger partial charge in [0, 0.05) is 12.8 Å². The molecule has 0 bridgehead atoms. The van der Waals surface area contributed by atoms with Crippen LogP contribution in [0.3, 0.4) is 0 Å². The quantitative estimate of drug-likeness (QED) is 0.887.